The molecule has 1 amide bonds. The summed E-state index contributed by atoms with van der Waals surface area (Å²) in [6.07, 6.45) is 0. The van der Waals surface area contributed by atoms with Gasteiger partial charge in [0.2, 0.25) is 0 Å². The molecule has 4 nitrogen and oxygen atoms in total. The third-order valence-corrected chi connectivity index (χ3v) is 4.82. The van der Waals surface area contributed by atoms with Gasteiger partial charge < -0.3 is 10.1 Å². The van der Waals surface area contributed by atoms with E-state index in [1.165, 1.54) is 16.7 Å². The molecule has 1 aliphatic rings. The summed E-state index contributed by atoms with van der Waals surface area (Å²) < 4.78 is 5.41. The molecule has 0 unspecified atom stereocenters. The summed E-state index contributed by atoms with van der Waals surface area (Å²) in [4.78, 5) is 14.8. The van der Waals surface area contributed by atoms with Crippen molar-refractivity contribution in [3.8, 4) is 0 Å². The van der Waals surface area contributed by atoms with Crippen LogP contribution in [0.25, 0.3) is 0 Å². The maximum Gasteiger partial charge on any atom is 0.251 e. The number of rotatable bonds is 5. The standard InChI is InChI=1S/C21H26N2O2/c1-16-7-8-18(13-17(16)2)21(24)22-14-19-5-3-4-6-20(19)15-23-9-11-25-12-10-23/h3-8,13H,9-12,14-15H2,1-2H3,(H,22,24). The van der Waals surface area contributed by atoms with Crippen molar-refractivity contribution < 1.29 is 9.53 Å². The van der Waals surface area contributed by atoms with Crippen molar-refractivity contribution in [1.29, 1.82) is 0 Å². The van der Waals surface area contributed by atoms with Crippen molar-refractivity contribution in [2.24, 2.45) is 0 Å². The van der Waals surface area contributed by atoms with Crippen molar-refractivity contribution in [3.05, 3.63) is 70.3 Å². The van der Waals surface area contributed by atoms with Crippen molar-refractivity contribution in [3.63, 3.8) is 0 Å². The average molecular weight is 338 g/mol. The molecule has 0 aromatic heterocycles. The van der Waals surface area contributed by atoms with Gasteiger partial charge in [0.15, 0.2) is 0 Å². The van der Waals surface area contributed by atoms with E-state index in [1.807, 2.05) is 31.2 Å². The molecule has 1 saturated heterocycles. The number of nitrogens with zero attached hydrogens (tertiary/aromatic N) is 1. The topological polar surface area (TPSA) is 41.6 Å². The molecular formula is C21H26N2O2. The van der Waals surface area contributed by atoms with Crippen LogP contribution in [0, 0.1) is 13.8 Å². The maximum atomic E-state index is 12.4. The van der Waals surface area contributed by atoms with Gasteiger partial charge in [-0.3, -0.25) is 9.69 Å². The van der Waals surface area contributed by atoms with Crippen LogP contribution in [-0.4, -0.2) is 37.1 Å². The third-order valence-electron chi connectivity index (χ3n) is 4.82. The molecule has 1 heterocycles. The van der Waals surface area contributed by atoms with Gasteiger partial charge in [0.05, 0.1) is 13.2 Å². The van der Waals surface area contributed by atoms with Gasteiger partial charge >= 0.3 is 0 Å². The van der Waals surface area contributed by atoms with Crippen molar-refractivity contribution in [1.82, 2.24) is 10.2 Å². The van der Waals surface area contributed by atoms with Crippen LogP contribution in [0.5, 0.6) is 0 Å². The molecule has 4 heteroatoms. The SMILES string of the molecule is Cc1ccc(C(=O)NCc2ccccc2CN2CCOCC2)cc1C. The lowest BCUT2D eigenvalue weighted by atomic mass is 10.0. The Bertz CT molecular complexity index is 736. The highest BCUT2D eigenvalue weighted by Crippen LogP contribution is 2.14. The average Bonchev–Trinajstić information content (AvgIpc) is 2.64. The lowest BCUT2D eigenvalue weighted by molar-refractivity contribution is 0.0340. The Morgan fingerprint density at radius 2 is 1.76 bits per heavy atom. The zero-order valence-corrected chi connectivity index (χ0v) is 15.0. The van der Waals surface area contributed by atoms with Crippen LogP contribution in [0.3, 0.4) is 0 Å². The normalized spacial score (nSPS) is 15.1. The number of carbonyl (C=O) groups excluding carboxylic acids is 1. The van der Waals surface area contributed by atoms with E-state index in [-0.39, 0.29) is 5.91 Å². The molecule has 1 fully saturated rings. The largest absolute Gasteiger partial charge is 0.379 e. The van der Waals surface area contributed by atoms with Gasteiger partial charge in [-0.15, -0.1) is 0 Å². The number of morpholine rings is 1. The van der Waals surface area contributed by atoms with Crippen molar-refractivity contribution in [2.75, 3.05) is 26.3 Å². The highest BCUT2D eigenvalue weighted by Gasteiger charge is 2.13. The van der Waals surface area contributed by atoms with Gasteiger partial charge in [0, 0.05) is 31.7 Å². The molecule has 0 atom stereocenters. The van der Waals surface area contributed by atoms with Crippen LogP contribution in [0.2, 0.25) is 0 Å². The first kappa shape index (κ1) is 17.6. The van der Waals surface area contributed by atoms with Gasteiger partial charge in [0.1, 0.15) is 0 Å². The van der Waals surface area contributed by atoms with Crippen LogP contribution in [-0.2, 0) is 17.8 Å². The fourth-order valence-corrected chi connectivity index (χ4v) is 3.04. The van der Waals surface area contributed by atoms with Crippen LogP contribution >= 0.6 is 0 Å². The van der Waals surface area contributed by atoms with Crippen LogP contribution < -0.4 is 5.32 Å². The number of benzene rings is 2. The van der Waals surface area contributed by atoms with E-state index >= 15 is 0 Å². The Kier molecular flexibility index (Phi) is 5.84. The Balaban J connectivity index is 1.64. The summed E-state index contributed by atoms with van der Waals surface area (Å²) in [5.41, 5.74) is 5.50. The molecule has 0 bridgehead atoms. The highest BCUT2D eigenvalue weighted by molar-refractivity contribution is 5.94. The second-order valence-corrected chi connectivity index (χ2v) is 6.64. The smallest absolute Gasteiger partial charge is 0.251 e. The lowest BCUT2D eigenvalue weighted by Gasteiger charge is -2.27. The minimum Gasteiger partial charge on any atom is -0.379 e. The Morgan fingerprint density at radius 1 is 1.04 bits per heavy atom. The number of hydrogen-bond acceptors (Lipinski definition) is 3. The van der Waals surface area contributed by atoms with E-state index in [1.54, 1.807) is 0 Å². The van der Waals surface area contributed by atoms with E-state index in [9.17, 15) is 4.79 Å². The number of aryl methyl sites for hydroxylation is 2. The predicted molar refractivity (Wildman–Crippen MR) is 99.6 cm³/mol. The molecule has 0 radical (unpaired) electrons. The van der Waals surface area contributed by atoms with Crippen molar-refractivity contribution >= 4 is 5.91 Å². The van der Waals surface area contributed by atoms with E-state index in [2.05, 4.69) is 35.3 Å². The summed E-state index contributed by atoms with van der Waals surface area (Å²) >= 11 is 0. The zero-order chi connectivity index (χ0) is 17.6. The first-order valence-electron chi connectivity index (χ1n) is 8.86. The van der Waals surface area contributed by atoms with Gasteiger partial charge in [-0.1, -0.05) is 30.3 Å². The molecule has 2 aromatic rings. The number of carbonyl (C=O) groups is 1. The third kappa shape index (κ3) is 4.68. The maximum absolute atomic E-state index is 12.4. The van der Waals surface area contributed by atoms with Crippen LogP contribution in [0.4, 0.5) is 0 Å². The van der Waals surface area contributed by atoms with Crippen molar-refractivity contribution in [2.45, 2.75) is 26.9 Å². The second-order valence-electron chi connectivity index (χ2n) is 6.64. The summed E-state index contributed by atoms with van der Waals surface area (Å²) in [7, 11) is 0. The molecule has 0 saturated carbocycles. The quantitative estimate of drug-likeness (QED) is 0.911. The summed E-state index contributed by atoms with van der Waals surface area (Å²) in [6.45, 7) is 9.05. The van der Waals surface area contributed by atoms with E-state index < -0.39 is 0 Å². The Morgan fingerprint density at radius 3 is 2.48 bits per heavy atom. The zero-order valence-electron chi connectivity index (χ0n) is 15.0. The van der Waals surface area contributed by atoms with Crippen LogP contribution in [0.1, 0.15) is 32.6 Å². The fraction of sp³-hybridized carbons (Fsp3) is 0.381. The van der Waals surface area contributed by atoms with E-state index in [4.69, 9.17) is 4.74 Å². The Hall–Kier alpha value is -2.17. The molecule has 2 aromatic carbocycles. The van der Waals surface area contributed by atoms with Crippen LogP contribution in [0.15, 0.2) is 42.5 Å². The second kappa shape index (κ2) is 8.28. The summed E-state index contributed by atoms with van der Waals surface area (Å²) in [5, 5.41) is 3.06. The molecule has 0 spiro atoms. The molecule has 1 N–H and O–H groups in total. The molecule has 3 rings (SSSR count). The molecular weight excluding hydrogens is 312 g/mol. The van der Waals surface area contributed by atoms with E-state index in [0.29, 0.717) is 12.1 Å². The first-order valence-corrected chi connectivity index (χ1v) is 8.86. The molecule has 1 aliphatic heterocycles. The number of nitrogens with one attached hydrogen (secondary N) is 1. The molecule has 25 heavy (non-hydrogen) atoms. The van der Waals surface area contributed by atoms with Gasteiger partial charge in [-0.25, -0.2) is 0 Å². The van der Waals surface area contributed by atoms with Gasteiger partial charge in [-0.05, 0) is 48.2 Å². The highest BCUT2D eigenvalue weighted by atomic mass is 16.5. The van der Waals surface area contributed by atoms with E-state index in [0.717, 1.165) is 38.4 Å². The Labute approximate surface area is 149 Å². The van der Waals surface area contributed by atoms with Gasteiger partial charge in [-0.2, -0.15) is 0 Å². The first-order chi connectivity index (χ1) is 12.1. The monoisotopic (exact) mass is 338 g/mol. The minimum atomic E-state index is -0.0238. The molecule has 132 valence electrons. The van der Waals surface area contributed by atoms with Gasteiger partial charge in [0.25, 0.3) is 5.91 Å². The number of amides is 1. The molecule has 0 aliphatic carbocycles. The summed E-state index contributed by atoms with van der Waals surface area (Å²) in [5.74, 6) is -0.0238. The lowest BCUT2D eigenvalue weighted by Crippen LogP contribution is -2.36. The fourth-order valence-electron chi connectivity index (χ4n) is 3.04. The number of ether oxygens (including phenoxy) is 1. The predicted octanol–water partition coefficient (Wildman–Crippen LogP) is 3.07. The minimum absolute atomic E-state index is 0.0238. The number of hydrogen-bond donors (Lipinski definition) is 1. The summed E-state index contributed by atoms with van der Waals surface area (Å²) in [6, 6.07) is 14.2.